The first-order valence-electron chi connectivity index (χ1n) is 6.17. The Morgan fingerprint density at radius 3 is 2.48 bits per heavy atom. The SMILES string of the molecule is COc1ccc(NC(=O)Nc2cc(Cl)c(C)cc2Br)cc1. The van der Waals surface area contributed by atoms with Crippen LogP contribution in [0.1, 0.15) is 5.56 Å². The van der Waals surface area contributed by atoms with Crippen molar-refractivity contribution >= 4 is 44.9 Å². The predicted molar refractivity (Wildman–Crippen MR) is 89.5 cm³/mol. The summed E-state index contributed by atoms with van der Waals surface area (Å²) >= 11 is 9.45. The first-order valence-corrected chi connectivity index (χ1v) is 7.34. The molecule has 0 aromatic heterocycles. The average molecular weight is 370 g/mol. The lowest BCUT2D eigenvalue weighted by atomic mass is 10.2. The number of amides is 2. The summed E-state index contributed by atoms with van der Waals surface area (Å²) in [5.74, 6) is 0.731. The van der Waals surface area contributed by atoms with E-state index in [1.165, 1.54) is 0 Å². The van der Waals surface area contributed by atoms with Crippen molar-refractivity contribution in [1.29, 1.82) is 0 Å². The zero-order chi connectivity index (χ0) is 15.4. The normalized spacial score (nSPS) is 10.1. The molecule has 0 saturated heterocycles. The Bertz CT molecular complexity index is 659. The van der Waals surface area contributed by atoms with Crippen molar-refractivity contribution in [1.82, 2.24) is 0 Å². The van der Waals surface area contributed by atoms with Gasteiger partial charge < -0.3 is 15.4 Å². The van der Waals surface area contributed by atoms with E-state index < -0.39 is 0 Å². The fourth-order valence-electron chi connectivity index (χ4n) is 1.70. The van der Waals surface area contributed by atoms with Gasteiger partial charge in [0, 0.05) is 15.2 Å². The van der Waals surface area contributed by atoms with E-state index in [1.54, 1.807) is 37.4 Å². The van der Waals surface area contributed by atoms with E-state index in [4.69, 9.17) is 16.3 Å². The molecule has 2 aromatic carbocycles. The molecule has 21 heavy (non-hydrogen) atoms. The van der Waals surface area contributed by atoms with Gasteiger partial charge in [0.1, 0.15) is 5.75 Å². The van der Waals surface area contributed by atoms with Crippen LogP contribution in [0.3, 0.4) is 0 Å². The van der Waals surface area contributed by atoms with Crippen molar-refractivity contribution in [3.63, 3.8) is 0 Å². The first kappa shape index (κ1) is 15.7. The summed E-state index contributed by atoms with van der Waals surface area (Å²) in [4.78, 5) is 12.0. The fourth-order valence-corrected chi connectivity index (χ4v) is 2.42. The number of carbonyl (C=O) groups excluding carboxylic acids is 1. The minimum Gasteiger partial charge on any atom is -0.497 e. The average Bonchev–Trinajstić information content (AvgIpc) is 2.45. The number of carbonyl (C=O) groups is 1. The summed E-state index contributed by atoms with van der Waals surface area (Å²) in [6.45, 7) is 1.90. The number of nitrogens with one attached hydrogen (secondary N) is 2. The van der Waals surface area contributed by atoms with Crippen molar-refractivity contribution in [2.24, 2.45) is 0 Å². The van der Waals surface area contributed by atoms with E-state index >= 15 is 0 Å². The molecule has 0 bridgehead atoms. The van der Waals surface area contributed by atoms with Crippen LogP contribution in [-0.4, -0.2) is 13.1 Å². The van der Waals surface area contributed by atoms with Gasteiger partial charge in [-0.1, -0.05) is 11.6 Å². The fraction of sp³-hybridized carbons (Fsp3) is 0.133. The van der Waals surface area contributed by atoms with Gasteiger partial charge in [0.05, 0.1) is 12.8 Å². The van der Waals surface area contributed by atoms with Gasteiger partial charge in [0.25, 0.3) is 0 Å². The Hall–Kier alpha value is -1.72. The molecule has 0 aliphatic carbocycles. The molecular weight excluding hydrogens is 356 g/mol. The largest absolute Gasteiger partial charge is 0.497 e. The number of ether oxygens (including phenoxy) is 1. The highest BCUT2D eigenvalue weighted by Crippen LogP contribution is 2.29. The quantitative estimate of drug-likeness (QED) is 0.794. The molecule has 2 amide bonds. The van der Waals surface area contributed by atoms with E-state index in [0.717, 1.165) is 15.8 Å². The van der Waals surface area contributed by atoms with Crippen LogP contribution in [0.4, 0.5) is 16.2 Å². The number of benzene rings is 2. The van der Waals surface area contributed by atoms with Crippen LogP contribution in [0, 0.1) is 6.92 Å². The molecule has 0 heterocycles. The van der Waals surface area contributed by atoms with Crippen LogP contribution < -0.4 is 15.4 Å². The monoisotopic (exact) mass is 368 g/mol. The summed E-state index contributed by atoms with van der Waals surface area (Å²) in [5, 5.41) is 6.07. The van der Waals surface area contributed by atoms with Crippen molar-refractivity contribution < 1.29 is 9.53 Å². The Morgan fingerprint density at radius 1 is 1.19 bits per heavy atom. The molecule has 0 unspecified atom stereocenters. The number of hydrogen-bond donors (Lipinski definition) is 2. The zero-order valence-electron chi connectivity index (χ0n) is 11.5. The highest BCUT2D eigenvalue weighted by atomic mass is 79.9. The highest BCUT2D eigenvalue weighted by Gasteiger charge is 2.08. The molecule has 2 N–H and O–H groups in total. The number of halogens is 2. The molecule has 0 fully saturated rings. The molecule has 110 valence electrons. The maximum absolute atomic E-state index is 12.0. The summed E-state index contributed by atoms with van der Waals surface area (Å²) in [6, 6.07) is 10.3. The van der Waals surface area contributed by atoms with Crippen LogP contribution in [0.2, 0.25) is 5.02 Å². The van der Waals surface area contributed by atoms with Crippen molar-refractivity contribution in [3.05, 3.63) is 51.5 Å². The van der Waals surface area contributed by atoms with E-state index in [-0.39, 0.29) is 6.03 Å². The number of anilines is 2. The molecule has 6 heteroatoms. The van der Waals surface area contributed by atoms with Gasteiger partial charge in [-0.15, -0.1) is 0 Å². The molecule has 0 saturated carbocycles. The van der Waals surface area contributed by atoms with E-state index in [0.29, 0.717) is 16.4 Å². The highest BCUT2D eigenvalue weighted by molar-refractivity contribution is 9.10. The minimum absolute atomic E-state index is 0.346. The van der Waals surface area contributed by atoms with Gasteiger partial charge in [-0.3, -0.25) is 0 Å². The predicted octanol–water partition coefficient (Wildman–Crippen LogP) is 5.06. The summed E-state index contributed by atoms with van der Waals surface area (Å²) in [5.41, 5.74) is 2.21. The third kappa shape index (κ3) is 4.12. The molecule has 4 nitrogen and oxygen atoms in total. The summed E-state index contributed by atoms with van der Waals surface area (Å²) in [6.07, 6.45) is 0. The molecule has 0 spiro atoms. The molecule has 0 atom stereocenters. The van der Waals surface area contributed by atoms with Gasteiger partial charge in [-0.25, -0.2) is 4.79 Å². The van der Waals surface area contributed by atoms with Gasteiger partial charge in [0.2, 0.25) is 0 Å². The van der Waals surface area contributed by atoms with Gasteiger partial charge in [0.15, 0.2) is 0 Å². The number of hydrogen-bond acceptors (Lipinski definition) is 2. The third-order valence-electron chi connectivity index (χ3n) is 2.84. The van der Waals surface area contributed by atoms with Crippen LogP contribution in [0.25, 0.3) is 0 Å². The Balaban J connectivity index is 2.06. The Labute approximate surface area is 136 Å². The minimum atomic E-state index is -0.346. The van der Waals surface area contributed by atoms with Gasteiger partial charge >= 0.3 is 6.03 Å². The molecule has 0 aliphatic rings. The second kappa shape index (κ2) is 6.83. The third-order valence-corrected chi connectivity index (χ3v) is 3.91. The smallest absolute Gasteiger partial charge is 0.323 e. The van der Waals surface area contributed by atoms with Crippen LogP contribution >= 0.6 is 27.5 Å². The molecule has 2 aromatic rings. The topological polar surface area (TPSA) is 50.4 Å². The van der Waals surface area contributed by atoms with Crippen LogP contribution in [0.15, 0.2) is 40.9 Å². The molecule has 2 rings (SSSR count). The van der Waals surface area contributed by atoms with Gasteiger partial charge in [-0.05, 0) is 64.8 Å². The maximum Gasteiger partial charge on any atom is 0.323 e. The number of urea groups is 1. The molecule has 0 aliphatic heterocycles. The lowest BCUT2D eigenvalue weighted by molar-refractivity contribution is 0.262. The Morgan fingerprint density at radius 2 is 1.86 bits per heavy atom. The first-order chi connectivity index (χ1) is 9.99. The van der Waals surface area contributed by atoms with E-state index in [2.05, 4.69) is 26.6 Å². The lowest BCUT2D eigenvalue weighted by Gasteiger charge is -2.11. The van der Waals surface area contributed by atoms with Crippen LogP contribution in [-0.2, 0) is 0 Å². The van der Waals surface area contributed by atoms with Crippen molar-refractivity contribution in [3.8, 4) is 5.75 Å². The standard InChI is InChI=1S/C15H14BrClN2O2/c1-9-7-12(16)14(8-13(9)17)19-15(20)18-10-3-5-11(21-2)6-4-10/h3-8H,1-2H3,(H2,18,19,20). The van der Waals surface area contributed by atoms with E-state index in [1.807, 2.05) is 13.0 Å². The maximum atomic E-state index is 12.0. The number of rotatable bonds is 3. The summed E-state index contributed by atoms with van der Waals surface area (Å²) in [7, 11) is 1.59. The molecular formula is C15H14BrClN2O2. The van der Waals surface area contributed by atoms with Crippen molar-refractivity contribution in [2.45, 2.75) is 6.92 Å². The van der Waals surface area contributed by atoms with E-state index in [9.17, 15) is 4.79 Å². The second-order valence-corrected chi connectivity index (χ2v) is 5.65. The summed E-state index contributed by atoms with van der Waals surface area (Å²) < 4.78 is 5.83. The van der Waals surface area contributed by atoms with Gasteiger partial charge in [-0.2, -0.15) is 0 Å². The van der Waals surface area contributed by atoms with Crippen molar-refractivity contribution in [2.75, 3.05) is 17.7 Å². The van der Waals surface area contributed by atoms with Crippen LogP contribution in [0.5, 0.6) is 5.75 Å². The second-order valence-electron chi connectivity index (χ2n) is 4.39. The lowest BCUT2D eigenvalue weighted by Crippen LogP contribution is -2.19. The Kier molecular flexibility index (Phi) is 5.09. The number of methoxy groups -OCH3 is 1. The number of aryl methyl sites for hydroxylation is 1. The zero-order valence-corrected chi connectivity index (χ0v) is 13.9. The molecule has 0 radical (unpaired) electrons.